The van der Waals surface area contributed by atoms with Crippen molar-refractivity contribution in [2.45, 2.75) is 13.0 Å². The van der Waals surface area contributed by atoms with Crippen LogP contribution >= 0.6 is 0 Å². The molecule has 0 aromatic heterocycles. The molecule has 3 amide bonds. The van der Waals surface area contributed by atoms with E-state index in [1.54, 1.807) is 6.92 Å². The summed E-state index contributed by atoms with van der Waals surface area (Å²) in [5.74, 6) is -0.904. The van der Waals surface area contributed by atoms with Gasteiger partial charge in [-0.15, -0.1) is 0 Å². The van der Waals surface area contributed by atoms with E-state index in [4.69, 9.17) is 5.73 Å². The number of amides is 3. The summed E-state index contributed by atoms with van der Waals surface area (Å²) >= 11 is 0. The van der Waals surface area contributed by atoms with Crippen molar-refractivity contribution in [1.82, 2.24) is 15.5 Å². The SMILES string of the molecule is CCN(CC(N)=O)C(=O)C1CNC(=O)CN1. The van der Waals surface area contributed by atoms with Gasteiger partial charge in [-0.25, -0.2) is 0 Å². The summed E-state index contributed by atoms with van der Waals surface area (Å²) in [5.41, 5.74) is 5.04. The number of nitrogens with one attached hydrogen (secondary N) is 2. The average Bonchev–Trinajstić information content (AvgIpc) is 2.25. The first-order valence-corrected chi connectivity index (χ1v) is 5.11. The number of piperazine rings is 1. The third-order valence-corrected chi connectivity index (χ3v) is 2.35. The van der Waals surface area contributed by atoms with Crippen molar-refractivity contribution in [2.75, 3.05) is 26.2 Å². The lowest BCUT2D eigenvalue weighted by Gasteiger charge is -2.28. The van der Waals surface area contributed by atoms with Gasteiger partial charge in [0.25, 0.3) is 0 Å². The monoisotopic (exact) mass is 228 g/mol. The van der Waals surface area contributed by atoms with Crippen molar-refractivity contribution in [2.24, 2.45) is 5.73 Å². The van der Waals surface area contributed by atoms with Gasteiger partial charge in [-0.3, -0.25) is 19.7 Å². The lowest BCUT2D eigenvalue weighted by molar-refractivity contribution is -0.137. The molecular formula is C9H16N4O3. The molecule has 1 saturated heterocycles. The molecule has 1 rings (SSSR count). The van der Waals surface area contributed by atoms with E-state index >= 15 is 0 Å². The summed E-state index contributed by atoms with van der Waals surface area (Å²) in [7, 11) is 0. The second-order valence-corrected chi connectivity index (χ2v) is 3.56. The highest BCUT2D eigenvalue weighted by Crippen LogP contribution is 1.97. The number of rotatable bonds is 4. The minimum Gasteiger partial charge on any atom is -0.368 e. The van der Waals surface area contributed by atoms with Gasteiger partial charge < -0.3 is 16.0 Å². The number of likely N-dealkylation sites (N-methyl/N-ethyl adjacent to an activating group) is 1. The zero-order chi connectivity index (χ0) is 12.1. The molecular weight excluding hydrogens is 212 g/mol. The van der Waals surface area contributed by atoms with Gasteiger partial charge >= 0.3 is 0 Å². The Balaban J connectivity index is 2.54. The second-order valence-electron chi connectivity index (χ2n) is 3.56. The standard InChI is InChI=1S/C9H16N4O3/c1-2-13(5-7(10)14)9(16)6-3-12-8(15)4-11-6/h6,11H,2-5H2,1H3,(H2,10,14)(H,12,15). The quantitative estimate of drug-likeness (QED) is 0.491. The zero-order valence-corrected chi connectivity index (χ0v) is 9.16. The smallest absolute Gasteiger partial charge is 0.242 e. The summed E-state index contributed by atoms with van der Waals surface area (Å²) in [5, 5.41) is 5.38. The Morgan fingerprint density at radius 1 is 1.56 bits per heavy atom. The van der Waals surface area contributed by atoms with Gasteiger partial charge in [0.2, 0.25) is 17.7 Å². The fraction of sp³-hybridized carbons (Fsp3) is 0.667. The molecule has 1 aliphatic rings. The summed E-state index contributed by atoms with van der Waals surface area (Å²) in [4.78, 5) is 34.9. The van der Waals surface area contributed by atoms with Crippen LogP contribution in [0.2, 0.25) is 0 Å². The van der Waals surface area contributed by atoms with E-state index in [1.165, 1.54) is 4.90 Å². The lowest BCUT2D eigenvalue weighted by atomic mass is 10.2. The molecule has 4 N–H and O–H groups in total. The highest BCUT2D eigenvalue weighted by Gasteiger charge is 2.27. The first kappa shape index (κ1) is 12.4. The van der Waals surface area contributed by atoms with E-state index in [1.807, 2.05) is 0 Å². The Hall–Kier alpha value is -1.63. The molecule has 90 valence electrons. The van der Waals surface area contributed by atoms with Crippen molar-refractivity contribution in [3.05, 3.63) is 0 Å². The van der Waals surface area contributed by atoms with Gasteiger partial charge in [0.05, 0.1) is 13.1 Å². The van der Waals surface area contributed by atoms with Crippen LogP contribution in [-0.4, -0.2) is 54.8 Å². The van der Waals surface area contributed by atoms with E-state index in [2.05, 4.69) is 10.6 Å². The maximum Gasteiger partial charge on any atom is 0.242 e. The Morgan fingerprint density at radius 3 is 2.69 bits per heavy atom. The fourth-order valence-corrected chi connectivity index (χ4v) is 1.50. The second kappa shape index (κ2) is 5.45. The van der Waals surface area contributed by atoms with Crippen LogP contribution in [0.3, 0.4) is 0 Å². The maximum atomic E-state index is 11.9. The van der Waals surface area contributed by atoms with Crippen LogP contribution in [0, 0.1) is 0 Å². The molecule has 0 radical (unpaired) electrons. The Labute approximate surface area is 93.3 Å². The van der Waals surface area contributed by atoms with E-state index in [0.29, 0.717) is 6.54 Å². The molecule has 1 fully saturated rings. The first-order chi connectivity index (χ1) is 7.54. The van der Waals surface area contributed by atoms with Crippen molar-refractivity contribution in [3.8, 4) is 0 Å². The van der Waals surface area contributed by atoms with Crippen LogP contribution in [0.1, 0.15) is 6.92 Å². The Bertz CT molecular complexity index is 295. The fourth-order valence-electron chi connectivity index (χ4n) is 1.50. The summed E-state index contributed by atoms with van der Waals surface area (Å²) in [6.07, 6.45) is 0. The van der Waals surface area contributed by atoms with Gasteiger partial charge in [0.15, 0.2) is 0 Å². The molecule has 0 saturated carbocycles. The van der Waals surface area contributed by atoms with E-state index in [9.17, 15) is 14.4 Å². The molecule has 7 nitrogen and oxygen atoms in total. The summed E-state index contributed by atoms with van der Waals surface area (Å²) in [6, 6.07) is -0.475. The number of hydrogen-bond donors (Lipinski definition) is 3. The van der Waals surface area contributed by atoms with Crippen LogP contribution in [-0.2, 0) is 14.4 Å². The molecule has 0 aromatic carbocycles. The number of carbonyl (C=O) groups excluding carboxylic acids is 3. The average molecular weight is 228 g/mol. The van der Waals surface area contributed by atoms with Gasteiger partial charge in [0.1, 0.15) is 6.04 Å². The zero-order valence-electron chi connectivity index (χ0n) is 9.16. The molecule has 1 heterocycles. The van der Waals surface area contributed by atoms with Crippen molar-refractivity contribution < 1.29 is 14.4 Å². The number of primary amides is 1. The van der Waals surface area contributed by atoms with Crippen molar-refractivity contribution in [3.63, 3.8) is 0 Å². The highest BCUT2D eigenvalue weighted by molar-refractivity contribution is 5.89. The number of nitrogens with zero attached hydrogens (tertiary/aromatic N) is 1. The normalized spacial score (nSPS) is 20.1. The summed E-state index contributed by atoms with van der Waals surface area (Å²) < 4.78 is 0. The molecule has 1 aliphatic heterocycles. The molecule has 0 aromatic rings. The molecule has 0 aliphatic carbocycles. The molecule has 0 spiro atoms. The van der Waals surface area contributed by atoms with Gasteiger partial charge in [-0.1, -0.05) is 0 Å². The summed E-state index contributed by atoms with van der Waals surface area (Å²) in [6.45, 7) is 2.44. The van der Waals surface area contributed by atoms with Crippen molar-refractivity contribution in [1.29, 1.82) is 0 Å². The third kappa shape index (κ3) is 3.20. The topological polar surface area (TPSA) is 105 Å². The van der Waals surface area contributed by atoms with E-state index < -0.39 is 11.9 Å². The minimum atomic E-state index is -0.546. The predicted molar refractivity (Wildman–Crippen MR) is 56.2 cm³/mol. The number of nitrogens with two attached hydrogens (primary N) is 1. The van der Waals surface area contributed by atoms with E-state index in [-0.39, 0.29) is 31.4 Å². The third-order valence-electron chi connectivity index (χ3n) is 2.35. The van der Waals surface area contributed by atoms with Crippen LogP contribution in [0.4, 0.5) is 0 Å². The molecule has 16 heavy (non-hydrogen) atoms. The van der Waals surface area contributed by atoms with Crippen LogP contribution in [0.5, 0.6) is 0 Å². The molecule has 7 heteroatoms. The number of carbonyl (C=O) groups is 3. The lowest BCUT2D eigenvalue weighted by Crippen LogP contribution is -2.59. The van der Waals surface area contributed by atoms with Crippen LogP contribution in [0.15, 0.2) is 0 Å². The predicted octanol–water partition coefficient (Wildman–Crippen LogP) is -2.59. The largest absolute Gasteiger partial charge is 0.368 e. The van der Waals surface area contributed by atoms with Gasteiger partial charge in [-0.05, 0) is 6.92 Å². The molecule has 1 atom stereocenters. The first-order valence-electron chi connectivity index (χ1n) is 5.11. The van der Waals surface area contributed by atoms with Crippen LogP contribution < -0.4 is 16.4 Å². The highest BCUT2D eigenvalue weighted by atomic mass is 16.2. The Kier molecular flexibility index (Phi) is 4.24. The molecule has 0 bridgehead atoms. The van der Waals surface area contributed by atoms with E-state index in [0.717, 1.165) is 0 Å². The van der Waals surface area contributed by atoms with Crippen LogP contribution in [0.25, 0.3) is 0 Å². The van der Waals surface area contributed by atoms with Gasteiger partial charge in [0, 0.05) is 13.1 Å². The van der Waals surface area contributed by atoms with Gasteiger partial charge in [-0.2, -0.15) is 0 Å². The number of hydrogen-bond acceptors (Lipinski definition) is 4. The molecule has 1 unspecified atom stereocenters. The van der Waals surface area contributed by atoms with Crippen molar-refractivity contribution >= 4 is 17.7 Å². The Morgan fingerprint density at radius 2 is 2.25 bits per heavy atom. The maximum absolute atomic E-state index is 11.9. The minimum absolute atomic E-state index is 0.0958.